The van der Waals surface area contributed by atoms with Gasteiger partial charge in [0.1, 0.15) is 27.9 Å². The summed E-state index contributed by atoms with van der Waals surface area (Å²) in [6.45, 7) is 4.73. The molecular weight excluding hydrogens is 572 g/mol. The van der Waals surface area contributed by atoms with Gasteiger partial charge in [-0.15, -0.1) is 5.10 Å². The molecule has 0 saturated carbocycles. The van der Waals surface area contributed by atoms with Crippen LogP contribution in [0.4, 0.5) is 14.5 Å². The van der Waals surface area contributed by atoms with Crippen molar-refractivity contribution in [3.63, 3.8) is 0 Å². The second-order valence-corrected chi connectivity index (χ2v) is 11.1. The van der Waals surface area contributed by atoms with Gasteiger partial charge in [-0.3, -0.25) is 23.7 Å². The molecule has 13 nitrogen and oxygen atoms in total. The third kappa shape index (κ3) is 5.63. The molecule has 0 unspecified atom stereocenters. The highest BCUT2D eigenvalue weighted by Crippen LogP contribution is 2.30. The van der Waals surface area contributed by atoms with E-state index in [0.717, 1.165) is 45.0 Å². The fourth-order valence-corrected chi connectivity index (χ4v) is 5.65. The summed E-state index contributed by atoms with van der Waals surface area (Å²) < 4.78 is 69.9. The molecule has 5 heterocycles. The highest BCUT2D eigenvalue weighted by Gasteiger charge is 2.23. The van der Waals surface area contributed by atoms with Crippen molar-refractivity contribution in [2.24, 2.45) is 0 Å². The lowest BCUT2D eigenvalue weighted by molar-refractivity contribution is 0.0359. The first-order valence-electron chi connectivity index (χ1n) is 12.9. The van der Waals surface area contributed by atoms with E-state index in [1.54, 1.807) is 27.7 Å². The second kappa shape index (κ2) is 11.4. The van der Waals surface area contributed by atoms with Crippen molar-refractivity contribution in [3.05, 3.63) is 66.9 Å². The number of rotatable bonds is 9. The topological polar surface area (TPSA) is 142 Å². The molecule has 1 aromatic carbocycles. The van der Waals surface area contributed by atoms with Crippen LogP contribution in [-0.4, -0.2) is 87.6 Å². The van der Waals surface area contributed by atoms with Crippen LogP contribution in [0.1, 0.15) is 0 Å². The van der Waals surface area contributed by atoms with E-state index in [1.165, 1.54) is 19.4 Å². The van der Waals surface area contributed by atoms with Gasteiger partial charge in [-0.1, -0.05) is 5.21 Å². The highest BCUT2D eigenvalue weighted by atomic mass is 32.2. The molecule has 0 amide bonds. The van der Waals surface area contributed by atoms with Crippen molar-refractivity contribution in [1.29, 1.82) is 0 Å². The third-order valence-electron chi connectivity index (χ3n) is 6.71. The summed E-state index contributed by atoms with van der Waals surface area (Å²) in [6, 6.07) is 3.64. The molecule has 1 saturated heterocycles. The van der Waals surface area contributed by atoms with Crippen LogP contribution < -0.4 is 9.46 Å². The van der Waals surface area contributed by atoms with Gasteiger partial charge in [0.2, 0.25) is 5.88 Å². The highest BCUT2D eigenvalue weighted by molar-refractivity contribution is 7.92. The Morgan fingerprint density at radius 2 is 1.83 bits per heavy atom. The Hall–Kier alpha value is -4.54. The van der Waals surface area contributed by atoms with Crippen molar-refractivity contribution in [2.75, 3.05) is 44.7 Å². The van der Waals surface area contributed by atoms with Crippen LogP contribution in [0.15, 0.2) is 60.1 Å². The van der Waals surface area contributed by atoms with Crippen LogP contribution in [0.3, 0.4) is 0 Å². The van der Waals surface area contributed by atoms with E-state index in [1.807, 2.05) is 6.20 Å². The molecule has 5 aromatic rings. The van der Waals surface area contributed by atoms with E-state index in [4.69, 9.17) is 9.47 Å². The number of hydrogen-bond donors (Lipinski definition) is 1. The number of aromatic nitrogens is 7. The quantitative estimate of drug-likeness (QED) is 0.269. The average molecular weight is 598 g/mol. The van der Waals surface area contributed by atoms with Crippen molar-refractivity contribution in [2.45, 2.75) is 11.4 Å². The van der Waals surface area contributed by atoms with E-state index in [0.29, 0.717) is 40.9 Å². The Morgan fingerprint density at radius 3 is 2.62 bits per heavy atom. The summed E-state index contributed by atoms with van der Waals surface area (Å²) in [5.41, 5.74) is 2.67. The van der Waals surface area contributed by atoms with Crippen molar-refractivity contribution >= 4 is 21.4 Å². The molecule has 4 aromatic heterocycles. The molecule has 0 aliphatic carbocycles. The van der Waals surface area contributed by atoms with Gasteiger partial charge in [-0.2, -0.15) is 0 Å². The normalized spacial score (nSPS) is 14.4. The summed E-state index contributed by atoms with van der Waals surface area (Å²) in [6.07, 6.45) is 8.25. The van der Waals surface area contributed by atoms with E-state index >= 15 is 0 Å². The molecule has 1 fully saturated rings. The number of anilines is 1. The maximum absolute atomic E-state index is 14.3. The van der Waals surface area contributed by atoms with Crippen molar-refractivity contribution < 1.29 is 26.7 Å². The maximum atomic E-state index is 14.3. The Bertz CT molecular complexity index is 1860. The minimum atomic E-state index is -4.44. The summed E-state index contributed by atoms with van der Waals surface area (Å²) in [4.78, 5) is 14.6. The van der Waals surface area contributed by atoms with Crippen molar-refractivity contribution in [1.82, 2.24) is 39.2 Å². The molecule has 1 aliphatic heterocycles. The monoisotopic (exact) mass is 597 g/mol. The standard InChI is InChI=1S/C26H25F2N9O4S/c1-40-26-20(33-42(38,39)24-3-2-18(27)11-19(24)28)10-17(12-31-26)21-16-37-23(13-30-25(37)14-29-21)22-15-36(34-32-22)5-4-35-6-8-41-9-7-35/h2-3,10-16,33H,4-9H2,1H3. The van der Waals surface area contributed by atoms with E-state index in [2.05, 4.69) is 34.9 Å². The zero-order valence-corrected chi connectivity index (χ0v) is 23.1. The Morgan fingerprint density at radius 1 is 1.00 bits per heavy atom. The largest absolute Gasteiger partial charge is 0.480 e. The lowest BCUT2D eigenvalue weighted by Crippen LogP contribution is -2.38. The molecular formula is C26H25F2N9O4S. The number of nitrogens with one attached hydrogen (secondary N) is 1. The Kier molecular flexibility index (Phi) is 7.49. The number of fused-ring (bicyclic) bond motifs is 1. The minimum absolute atomic E-state index is 0.0528. The number of imidazole rings is 1. The molecule has 16 heteroatoms. The first-order chi connectivity index (χ1) is 20.3. The second-order valence-electron chi connectivity index (χ2n) is 9.43. The van der Waals surface area contributed by atoms with Crippen LogP contribution in [0.5, 0.6) is 5.88 Å². The van der Waals surface area contributed by atoms with Crippen LogP contribution >= 0.6 is 0 Å². The van der Waals surface area contributed by atoms with Gasteiger partial charge >= 0.3 is 0 Å². The van der Waals surface area contributed by atoms with Gasteiger partial charge in [0.05, 0.1) is 56.8 Å². The first kappa shape index (κ1) is 27.6. The predicted octanol–water partition coefficient (Wildman–Crippen LogP) is 2.47. The predicted molar refractivity (Wildman–Crippen MR) is 146 cm³/mol. The zero-order valence-electron chi connectivity index (χ0n) is 22.3. The number of benzene rings is 1. The van der Waals surface area contributed by atoms with Crippen LogP contribution in [0, 0.1) is 11.6 Å². The van der Waals surface area contributed by atoms with Crippen LogP contribution in [0.25, 0.3) is 28.3 Å². The number of halogens is 2. The molecule has 6 rings (SSSR count). The lowest BCUT2D eigenvalue weighted by atomic mass is 10.2. The molecule has 0 atom stereocenters. The smallest absolute Gasteiger partial charge is 0.264 e. The molecule has 218 valence electrons. The number of sulfonamides is 1. The summed E-state index contributed by atoms with van der Waals surface area (Å²) in [7, 11) is -3.13. The van der Waals surface area contributed by atoms with Crippen LogP contribution in [-0.2, 0) is 21.3 Å². The summed E-state index contributed by atoms with van der Waals surface area (Å²) >= 11 is 0. The summed E-state index contributed by atoms with van der Waals surface area (Å²) in [5.74, 6) is -2.19. The molecule has 0 bridgehead atoms. The Balaban J connectivity index is 1.28. The van der Waals surface area contributed by atoms with E-state index in [9.17, 15) is 17.2 Å². The maximum Gasteiger partial charge on any atom is 0.264 e. The van der Waals surface area contributed by atoms with Gasteiger partial charge in [0, 0.05) is 43.7 Å². The number of pyridine rings is 1. The molecule has 1 N–H and O–H groups in total. The van der Waals surface area contributed by atoms with Gasteiger partial charge in [0.15, 0.2) is 5.65 Å². The summed E-state index contributed by atoms with van der Waals surface area (Å²) in [5, 5.41) is 8.58. The lowest BCUT2D eigenvalue weighted by Gasteiger charge is -2.26. The fraction of sp³-hybridized carbons (Fsp3) is 0.269. The van der Waals surface area contributed by atoms with Crippen LogP contribution in [0.2, 0.25) is 0 Å². The van der Waals surface area contributed by atoms with E-state index in [-0.39, 0.29) is 11.6 Å². The number of nitrogens with zero attached hydrogens (tertiary/aromatic N) is 8. The third-order valence-corrected chi connectivity index (χ3v) is 8.11. The van der Waals surface area contributed by atoms with Gasteiger partial charge in [0.25, 0.3) is 10.0 Å². The SMILES string of the molecule is COc1ncc(-c2cn3c(-c4cn(CCN5CCOCC5)nn4)cnc3cn2)cc1NS(=O)(=O)c1ccc(F)cc1F. The minimum Gasteiger partial charge on any atom is -0.480 e. The number of morpholine rings is 1. The van der Waals surface area contributed by atoms with Gasteiger partial charge < -0.3 is 9.47 Å². The zero-order chi connectivity index (χ0) is 29.3. The first-order valence-corrected chi connectivity index (χ1v) is 14.3. The van der Waals surface area contributed by atoms with E-state index < -0.39 is 26.6 Å². The molecule has 0 spiro atoms. The molecule has 42 heavy (non-hydrogen) atoms. The number of methoxy groups -OCH3 is 1. The molecule has 0 radical (unpaired) electrons. The van der Waals surface area contributed by atoms with Gasteiger partial charge in [-0.25, -0.2) is 27.2 Å². The average Bonchev–Trinajstić information content (AvgIpc) is 3.63. The number of ether oxygens (including phenoxy) is 2. The van der Waals surface area contributed by atoms with Crippen molar-refractivity contribution in [3.8, 4) is 28.5 Å². The van der Waals surface area contributed by atoms with Gasteiger partial charge in [-0.05, 0) is 18.2 Å². The fourth-order valence-electron chi connectivity index (χ4n) is 4.54. The number of hydrogen-bond acceptors (Lipinski definition) is 10. The Labute approximate surface area is 238 Å². The molecule has 1 aliphatic rings.